The molecule has 0 unspecified atom stereocenters. The molecule has 0 aromatic heterocycles. The highest BCUT2D eigenvalue weighted by Gasteiger charge is 2.38. The molecule has 28 heavy (non-hydrogen) atoms. The number of fused-ring (bicyclic) bond motifs is 3. The van der Waals surface area contributed by atoms with E-state index in [1.807, 2.05) is 12.1 Å². The Labute approximate surface area is 164 Å². The van der Waals surface area contributed by atoms with E-state index >= 15 is 0 Å². The highest BCUT2D eigenvalue weighted by Crippen LogP contribution is 2.50. The third-order valence-electron chi connectivity index (χ3n) is 5.76. The van der Waals surface area contributed by atoms with Crippen LogP contribution in [-0.4, -0.2) is 18.4 Å². The average molecular weight is 375 g/mol. The zero-order chi connectivity index (χ0) is 19.7. The zero-order valence-corrected chi connectivity index (χ0v) is 15.8. The van der Waals surface area contributed by atoms with Crippen molar-refractivity contribution < 1.29 is 14.7 Å². The van der Waals surface area contributed by atoms with E-state index in [9.17, 15) is 14.7 Å². The minimum absolute atomic E-state index is 0.0673. The number of benzene rings is 2. The van der Waals surface area contributed by atoms with E-state index in [2.05, 4.69) is 54.0 Å². The lowest BCUT2D eigenvalue weighted by atomic mass is 9.76. The molecule has 5 nitrogen and oxygen atoms in total. The van der Waals surface area contributed by atoms with Gasteiger partial charge in [0.1, 0.15) is 0 Å². The standard InChI is InChI=1S/C23H24N2O3/c1-14-5-2-3-6-16(14)22-18-8-4-7-17(18)19-13-15(9-10-20(19)25-22)23(28)24-12-11-21(26)27/h2-7,9-10,13,17-18,22,25H,8,11-12H2,1H3,(H,24,28)(H,26,27)/p-1/t17-,18+,22+/m0/s1. The number of hydrogen-bond donors (Lipinski definition) is 2. The Kier molecular flexibility index (Phi) is 4.90. The number of carbonyl (C=O) groups excluding carboxylic acids is 2. The second-order valence-corrected chi connectivity index (χ2v) is 7.51. The Morgan fingerprint density at radius 3 is 2.79 bits per heavy atom. The number of allylic oxidation sites excluding steroid dienone is 2. The largest absolute Gasteiger partial charge is 0.550 e. The molecule has 0 radical (unpaired) electrons. The number of rotatable bonds is 5. The van der Waals surface area contributed by atoms with Gasteiger partial charge in [-0.05, 0) is 54.2 Å². The number of anilines is 1. The molecule has 2 N–H and O–H groups in total. The van der Waals surface area contributed by atoms with Crippen molar-refractivity contribution in [2.24, 2.45) is 5.92 Å². The molecule has 0 fully saturated rings. The highest BCUT2D eigenvalue weighted by molar-refractivity contribution is 5.95. The molecule has 0 spiro atoms. The maximum Gasteiger partial charge on any atom is 0.251 e. The molecule has 5 heteroatoms. The molecule has 0 saturated heterocycles. The van der Waals surface area contributed by atoms with E-state index in [4.69, 9.17) is 0 Å². The summed E-state index contributed by atoms with van der Waals surface area (Å²) in [5.41, 5.74) is 5.31. The van der Waals surface area contributed by atoms with Crippen LogP contribution in [0.1, 0.15) is 51.8 Å². The summed E-state index contributed by atoms with van der Waals surface area (Å²) >= 11 is 0. The first-order valence-electron chi connectivity index (χ1n) is 9.65. The van der Waals surface area contributed by atoms with E-state index in [1.165, 1.54) is 11.1 Å². The number of nitrogens with one attached hydrogen (secondary N) is 2. The summed E-state index contributed by atoms with van der Waals surface area (Å²) < 4.78 is 0. The van der Waals surface area contributed by atoms with Crippen molar-refractivity contribution in [1.82, 2.24) is 5.32 Å². The van der Waals surface area contributed by atoms with Gasteiger partial charge in [-0.2, -0.15) is 0 Å². The molecule has 3 atom stereocenters. The van der Waals surface area contributed by atoms with Crippen LogP contribution in [0.2, 0.25) is 0 Å². The normalized spacial score (nSPS) is 22.1. The first kappa shape index (κ1) is 18.3. The van der Waals surface area contributed by atoms with Crippen molar-refractivity contribution >= 4 is 17.6 Å². The summed E-state index contributed by atoms with van der Waals surface area (Å²) in [5.74, 6) is -0.762. The Morgan fingerprint density at radius 1 is 1.18 bits per heavy atom. The van der Waals surface area contributed by atoms with Crippen LogP contribution in [0.3, 0.4) is 0 Å². The molecule has 0 saturated carbocycles. The van der Waals surface area contributed by atoms with Gasteiger partial charge in [-0.1, -0.05) is 36.4 Å². The lowest BCUT2D eigenvalue weighted by Gasteiger charge is -2.38. The van der Waals surface area contributed by atoms with Crippen molar-refractivity contribution in [1.29, 1.82) is 0 Å². The van der Waals surface area contributed by atoms with Crippen molar-refractivity contribution in [3.63, 3.8) is 0 Å². The third-order valence-corrected chi connectivity index (χ3v) is 5.76. The number of hydrogen-bond acceptors (Lipinski definition) is 4. The van der Waals surface area contributed by atoms with E-state index in [1.54, 1.807) is 6.07 Å². The molecule has 1 aliphatic heterocycles. The molecular formula is C23H23N2O3-. The van der Waals surface area contributed by atoms with Crippen LogP contribution < -0.4 is 15.7 Å². The van der Waals surface area contributed by atoms with Gasteiger partial charge in [0.15, 0.2) is 0 Å². The van der Waals surface area contributed by atoms with Crippen molar-refractivity contribution in [2.45, 2.75) is 31.7 Å². The van der Waals surface area contributed by atoms with E-state index in [0.29, 0.717) is 11.5 Å². The number of carboxylic acids is 1. The van der Waals surface area contributed by atoms with Gasteiger partial charge in [-0.3, -0.25) is 4.79 Å². The maximum atomic E-state index is 12.4. The molecule has 2 aromatic carbocycles. The predicted octanol–water partition coefficient (Wildman–Crippen LogP) is 2.69. The van der Waals surface area contributed by atoms with Crippen LogP contribution in [0.25, 0.3) is 0 Å². The molecule has 0 bridgehead atoms. The number of carbonyl (C=O) groups is 2. The van der Waals surface area contributed by atoms with Crippen molar-refractivity contribution in [3.8, 4) is 0 Å². The number of carboxylic acid groups (broad SMARTS) is 1. The summed E-state index contributed by atoms with van der Waals surface area (Å²) in [4.78, 5) is 22.9. The van der Waals surface area contributed by atoms with E-state index in [0.717, 1.165) is 17.7 Å². The minimum atomic E-state index is -1.17. The van der Waals surface area contributed by atoms with Crippen molar-refractivity contribution in [2.75, 3.05) is 11.9 Å². The van der Waals surface area contributed by atoms with Gasteiger partial charge in [-0.25, -0.2) is 0 Å². The second-order valence-electron chi connectivity index (χ2n) is 7.51. The van der Waals surface area contributed by atoms with Gasteiger partial charge in [0.05, 0.1) is 6.04 Å². The van der Waals surface area contributed by atoms with Crippen LogP contribution in [-0.2, 0) is 4.79 Å². The highest BCUT2D eigenvalue weighted by atomic mass is 16.4. The quantitative estimate of drug-likeness (QED) is 0.788. The van der Waals surface area contributed by atoms with E-state index < -0.39 is 5.97 Å². The van der Waals surface area contributed by atoms with Gasteiger partial charge in [0.25, 0.3) is 5.91 Å². The molecule has 1 aliphatic carbocycles. The smallest absolute Gasteiger partial charge is 0.251 e. The molecule has 144 valence electrons. The lowest BCUT2D eigenvalue weighted by Crippen LogP contribution is -2.32. The van der Waals surface area contributed by atoms with Crippen LogP contribution in [0.4, 0.5) is 5.69 Å². The van der Waals surface area contributed by atoms with Crippen molar-refractivity contribution in [3.05, 3.63) is 76.9 Å². The summed E-state index contributed by atoms with van der Waals surface area (Å²) in [6.45, 7) is 2.21. The fraction of sp³-hybridized carbons (Fsp3) is 0.304. The Hall–Kier alpha value is -3.08. The first-order valence-corrected chi connectivity index (χ1v) is 9.65. The van der Waals surface area contributed by atoms with Crippen LogP contribution in [0, 0.1) is 12.8 Å². The maximum absolute atomic E-state index is 12.4. The van der Waals surface area contributed by atoms with Gasteiger partial charge < -0.3 is 20.5 Å². The van der Waals surface area contributed by atoms with Gasteiger partial charge >= 0.3 is 0 Å². The van der Waals surface area contributed by atoms with Crippen LogP contribution in [0.15, 0.2) is 54.6 Å². The monoisotopic (exact) mass is 375 g/mol. The SMILES string of the molecule is Cc1ccccc1[C@H]1Nc2ccc(C(=O)NCCC(=O)[O-])cc2[C@H]2C=CC[C@H]21. The molecule has 2 aromatic rings. The molecule has 1 amide bonds. The number of aliphatic carboxylic acids is 1. The fourth-order valence-electron chi connectivity index (χ4n) is 4.36. The van der Waals surface area contributed by atoms with Crippen LogP contribution in [0.5, 0.6) is 0 Å². The van der Waals surface area contributed by atoms with Gasteiger partial charge in [0.2, 0.25) is 0 Å². The Balaban J connectivity index is 1.61. The lowest BCUT2D eigenvalue weighted by molar-refractivity contribution is -0.305. The topological polar surface area (TPSA) is 81.3 Å². The number of amides is 1. The second kappa shape index (κ2) is 7.50. The Bertz CT molecular complexity index is 951. The first-order chi connectivity index (χ1) is 13.5. The number of aryl methyl sites for hydroxylation is 1. The molecule has 2 aliphatic rings. The predicted molar refractivity (Wildman–Crippen MR) is 106 cm³/mol. The average Bonchev–Trinajstić information content (AvgIpc) is 3.17. The van der Waals surface area contributed by atoms with Gasteiger partial charge in [-0.15, -0.1) is 0 Å². The summed E-state index contributed by atoms with van der Waals surface area (Å²) in [6.07, 6.45) is 5.28. The molecular weight excluding hydrogens is 352 g/mol. The van der Waals surface area contributed by atoms with Crippen LogP contribution >= 0.6 is 0 Å². The summed E-state index contributed by atoms with van der Waals surface area (Å²) in [6, 6.07) is 14.4. The Morgan fingerprint density at radius 2 is 2.00 bits per heavy atom. The zero-order valence-electron chi connectivity index (χ0n) is 15.8. The molecule has 4 rings (SSSR count). The minimum Gasteiger partial charge on any atom is -0.550 e. The fourth-order valence-corrected chi connectivity index (χ4v) is 4.36. The summed E-state index contributed by atoms with van der Waals surface area (Å²) in [5, 5.41) is 16.9. The summed E-state index contributed by atoms with van der Waals surface area (Å²) in [7, 11) is 0. The van der Waals surface area contributed by atoms with E-state index in [-0.39, 0.29) is 30.8 Å². The molecule has 1 heterocycles. The van der Waals surface area contributed by atoms with Gasteiger partial charge in [0, 0.05) is 36.1 Å². The third kappa shape index (κ3) is 3.40.